The second kappa shape index (κ2) is 13.6. The Morgan fingerprint density at radius 2 is 1.59 bits per heavy atom. The van der Waals surface area contributed by atoms with E-state index in [1.54, 1.807) is 46.8 Å². The third-order valence-corrected chi connectivity index (χ3v) is 5.20. The molecule has 0 aliphatic heterocycles. The summed E-state index contributed by atoms with van der Waals surface area (Å²) in [6.45, 7) is 11.8. The summed E-state index contributed by atoms with van der Waals surface area (Å²) < 4.78 is 9.92. The van der Waals surface area contributed by atoms with Gasteiger partial charge in [0.25, 0.3) is 0 Å². The zero-order valence-corrected chi connectivity index (χ0v) is 23.0. The second-order valence-electron chi connectivity index (χ2n) is 10.2. The van der Waals surface area contributed by atoms with E-state index in [4.69, 9.17) is 10.5 Å². The first-order valence-electron chi connectivity index (χ1n) is 12.1. The first-order valence-corrected chi connectivity index (χ1v) is 12.1. The van der Waals surface area contributed by atoms with Gasteiger partial charge in [-0.25, -0.2) is 4.79 Å². The third kappa shape index (κ3) is 10.5. The standard InChI is InChI=1S/C26H40N4O7/c1-15(2)30(24(34)19(9-10-20(27)31)29-25(35)37-26(5,6)7)22(23(33)28-14-21(32)36-8)18-12-16(3)11-17(4)13-18/h11-13,15,19,22H,9-10,14H2,1-8H3,(H2,27,31)(H,28,33)(H,29,35). The molecule has 37 heavy (non-hydrogen) atoms. The Balaban J connectivity index is 3.53. The topological polar surface area (TPSA) is 157 Å². The average molecular weight is 521 g/mol. The van der Waals surface area contributed by atoms with Crippen molar-refractivity contribution >= 4 is 29.8 Å². The SMILES string of the molecule is COC(=O)CNC(=O)C(c1cc(C)cc(C)c1)N(C(=O)C(CCC(N)=O)NC(=O)OC(C)(C)C)C(C)C. The molecule has 0 aliphatic carbocycles. The molecule has 1 rings (SSSR count). The molecule has 4 N–H and O–H groups in total. The van der Waals surface area contributed by atoms with Gasteiger partial charge < -0.3 is 30.7 Å². The molecule has 0 heterocycles. The number of hydrogen-bond acceptors (Lipinski definition) is 7. The van der Waals surface area contributed by atoms with Gasteiger partial charge in [0, 0.05) is 12.5 Å². The zero-order chi connectivity index (χ0) is 28.5. The number of primary amides is 1. The van der Waals surface area contributed by atoms with Crippen molar-refractivity contribution < 1.29 is 33.4 Å². The minimum atomic E-state index is -1.20. The summed E-state index contributed by atoms with van der Waals surface area (Å²) in [6, 6.07) is 2.61. The van der Waals surface area contributed by atoms with Crippen LogP contribution in [0.3, 0.4) is 0 Å². The number of hydrogen-bond donors (Lipinski definition) is 3. The number of amides is 4. The van der Waals surface area contributed by atoms with E-state index in [0.29, 0.717) is 5.56 Å². The molecule has 0 saturated carbocycles. The Kier molecular flexibility index (Phi) is 11.6. The number of aryl methyl sites for hydroxylation is 2. The van der Waals surface area contributed by atoms with Crippen molar-refractivity contribution in [2.75, 3.05) is 13.7 Å². The summed E-state index contributed by atoms with van der Waals surface area (Å²) in [5, 5.41) is 5.05. The Bertz CT molecular complexity index is 981. The number of nitrogens with zero attached hydrogens (tertiary/aromatic N) is 1. The van der Waals surface area contributed by atoms with Gasteiger partial charge in [-0.15, -0.1) is 0 Å². The average Bonchev–Trinajstić information content (AvgIpc) is 2.75. The first-order chi connectivity index (χ1) is 17.0. The van der Waals surface area contributed by atoms with E-state index in [-0.39, 0.29) is 12.8 Å². The molecule has 0 aromatic heterocycles. The highest BCUT2D eigenvalue weighted by Crippen LogP contribution is 2.27. The number of ether oxygens (including phenoxy) is 2. The molecular formula is C26H40N4O7. The van der Waals surface area contributed by atoms with Crippen LogP contribution in [0.1, 0.15) is 70.2 Å². The lowest BCUT2D eigenvalue weighted by Crippen LogP contribution is -2.55. The molecule has 0 fully saturated rings. The Morgan fingerprint density at radius 1 is 1.03 bits per heavy atom. The zero-order valence-electron chi connectivity index (χ0n) is 23.0. The van der Waals surface area contributed by atoms with Crippen molar-refractivity contribution in [2.24, 2.45) is 5.73 Å². The van der Waals surface area contributed by atoms with Crippen LogP contribution in [0, 0.1) is 13.8 Å². The number of esters is 1. The van der Waals surface area contributed by atoms with E-state index in [9.17, 15) is 24.0 Å². The van der Waals surface area contributed by atoms with Gasteiger partial charge in [0.15, 0.2) is 0 Å². The lowest BCUT2D eigenvalue weighted by Gasteiger charge is -2.37. The highest BCUT2D eigenvalue weighted by molar-refractivity contribution is 5.93. The summed E-state index contributed by atoms with van der Waals surface area (Å²) in [5.74, 6) is -2.52. The smallest absolute Gasteiger partial charge is 0.408 e. The van der Waals surface area contributed by atoms with Crippen LogP contribution in [-0.2, 0) is 28.7 Å². The first kappa shape index (κ1) is 31.4. The van der Waals surface area contributed by atoms with Crippen LogP contribution in [0.4, 0.5) is 4.79 Å². The minimum Gasteiger partial charge on any atom is -0.468 e. The Morgan fingerprint density at radius 3 is 2.05 bits per heavy atom. The minimum absolute atomic E-state index is 0.0972. The summed E-state index contributed by atoms with van der Waals surface area (Å²) >= 11 is 0. The van der Waals surface area contributed by atoms with E-state index in [1.807, 2.05) is 19.9 Å². The molecule has 0 bridgehead atoms. The lowest BCUT2D eigenvalue weighted by atomic mass is 9.97. The summed E-state index contributed by atoms with van der Waals surface area (Å²) in [7, 11) is 1.20. The van der Waals surface area contributed by atoms with Gasteiger partial charge in [0.1, 0.15) is 24.2 Å². The number of rotatable bonds is 11. The molecule has 0 saturated heterocycles. The summed E-state index contributed by atoms with van der Waals surface area (Å²) in [4.78, 5) is 64.4. The molecule has 1 aromatic rings. The molecule has 2 atom stereocenters. The normalized spacial score (nSPS) is 12.8. The quantitative estimate of drug-likeness (QED) is 0.377. The molecule has 0 aliphatic rings. The lowest BCUT2D eigenvalue weighted by molar-refractivity contribution is -0.146. The van der Waals surface area contributed by atoms with Crippen LogP contribution < -0.4 is 16.4 Å². The fraction of sp³-hybridized carbons (Fsp3) is 0.577. The number of alkyl carbamates (subject to hydrolysis) is 1. The number of nitrogens with one attached hydrogen (secondary N) is 2. The van der Waals surface area contributed by atoms with Crippen LogP contribution in [0.15, 0.2) is 18.2 Å². The molecular weight excluding hydrogens is 480 g/mol. The number of carbonyl (C=O) groups is 5. The van der Waals surface area contributed by atoms with Crippen molar-refractivity contribution in [3.63, 3.8) is 0 Å². The van der Waals surface area contributed by atoms with Gasteiger partial charge in [-0.2, -0.15) is 0 Å². The van der Waals surface area contributed by atoms with Crippen molar-refractivity contribution in [3.8, 4) is 0 Å². The molecule has 11 heteroatoms. The second-order valence-corrected chi connectivity index (χ2v) is 10.2. The number of carbonyl (C=O) groups excluding carboxylic acids is 5. The number of benzene rings is 1. The largest absolute Gasteiger partial charge is 0.468 e. The van der Waals surface area contributed by atoms with Crippen molar-refractivity contribution in [3.05, 3.63) is 34.9 Å². The van der Waals surface area contributed by atoms with E-state index in [0.717, 1.165) is 11.1 Å². The third-order valence-electron chi connectivity index (χ3n) is 5.20. The van der Waals surface area contributed by atoms with Crippen LogP contribution in [-0.4, -0.2) is 66.0 Å². The molecule has 206 valence electrons. The number of methoxy groups -OCH3 is 1. The van der Waals surface area contributed by atoms with Gasteiger partial charge in [0.05, 0.1) is 7.11 Å². The molecule has 4 amide bonds. The maximum Gasteiger partial charge on any atom is 0.408 e. The highest BCUT2D eigenvalue weighted by Gasteiger charge is 2.38. The molecule has 0 radical (unpaired) electrons. The maximum atomic E-state index is 13.9. The fourth-order valence-corrected chi connectivity index (χ4v) is 3.79. The van der Waals surface area contributed by atoms with Crippen LogP contribution in [0.2, 0.25) is 0 Å². The molecule has 11 nitrogen and oxygen atoms in total. The summed E-state index contributed by atoms with van der Waals surface area (Å²) in [5.41, 5.74) is 6.74. The van der Waals surface area contributed by atoms with Crippen LogP contribution in [0.25, 0.3) is 0 Å². The Hall–Kier alpha value is -3.63. The maximum absolute atomic E-state index is 13.9. The summed E-state index contributed by atoms with van der Waals surface area (Å²) in [6.07, 6.45) is -1.13. The van der Waals surface area contributed by atoms with Crippen molar-refractivity contribution in [1.29, 1.82) is 0 Å². The van der Waals surface area contributed by atoms with Crippen LogP contribution >= 0.6 is 0 Å². The molecule has 1 aromatic carbocycles. The van der Waals surface area contributed by atoms with Crippen LogP contribution in [0.5, 0.6) is 0 Å². The molecule has 2 unspecified atom stereocenters. The fourth-order valence-electron chi connectivity index (χ4n) is 3.79. The van der Waals surface area contributed by atoms with Crippen molar-refractivity contribution in [2.45, 2.75) is 85.0 Å². The number of nitrogens with two attached hydrogens (primary N) is 1. The predicted octanol–water partition coefficient (Wildman–Crippen LogP) is 2.03. The van der Waals surface area contributed by atoms with Gasteiger partial charge >= 0.3 is 12.1 Å². The van der Waals surface area contributed by atoms with Gasteiger partial charge in [-0.1, -0.05) is 29.3 Å². The molecule has 0 spiro atoms. The monoisotopic (exact) mass is 520 g/mol. The van der Waals surface area contributed by atoms with E-state index < -0.39 is 60.1 Å². The highest BCUT2D eigenvalue weighted by atomic mass is 16.6. The van der Waals surface area contributed by atoms with E-state index >= 15 is 0 Å². The van der Waals surface area contributed by atoms with E-state index in [2.05, 4.69) is 15.4 Å². The van der Waals surface area contributed by atoms with E-state index in [1.165, 1.54) is 12.0 Å². The van der Waals surface area contributed by atoms with Gasteiger partial charge in [0.2, 0.25) is 17.7 Å². The van der Waals surface area contributed by atoms with Crippen molar-refractivity contribution in [1.82, 2.24) is 15.5 Å². The predicted molar refractivity (Wildman–Crippen MR) is 137 cm³/mol. The van der Waals surface area contributed by atoms with Gasteiger partial charge in [-0.05, 0) is 60.5 Å². The van der Waals surface area contributed by atoms with Gasteiger partial charge in [-0.3, -0.25) is 19.2 Å². The Labute approximate surface area is 218 Å².